The van der Waals surface area contributed by atoms with Crippen LogP contribution in [0.5, 0.6) is 5.75 Å². The minimum absolute atomic E-state index is 0.187. The van der Waals surface area contributed by atoms with Gasteiger partial charge in [0.05, 0.1) is 13.2 Å². The van der Waals surface area contributed by atoms with E-state index in [9.17, 15) is 0 Å². The Morgan fingerprint density at radius 3 is 2.43 bits per heavy atom. The Morgan fingerprint density at radius 2 is 1.93 bits per heavy atom. The number of hydrogen-bond donors (Lipinski definition) is 1. The minimum atomic E-state index is -0.187. The first-order valence-corrected chi connectivity index (χ1v) is 5.03. The fraction of sp³-hybridized carbons (Fsp3) is 0.500. The molecule has 1 N–H and O–H groups in total. The van der Waals surface area contributed by atoms with Crippen molar-refractivity contribution in [2.75, 3.05) is 7.11 Å². The Balaban J connectivity index is 2.36. The summed E-state index contributed by atoms with van der Waals surface area (Å²) in [5.41, 5.74) is 1.30. The molecule has 0 aromatic heterocycles. The topological polar surface area (TPSA) is 29.5 Å². The SMILES string of the molecule is COc1ccc(CCCC(C)O)cc1. The molecular formula is C12H18O2. The van der Waals surface area contributed by atoms with Gasteiger partial charge >= 0.3 is 0 Å². The molecule has 0 amide bonds. The monoisotopic (exact) mass is 194 g/mol. The third kappa shape index (κ3) is 3.79. The molecule has 0 heterocycles. The molecule has 0 saturated carbocycles. The van der Waals surface area contributed by atoms with Crippen LogP contribution in [0.15, 0.2) is 24.3 Å². The highest BCUT2D eigenvalue weighted by Gasteiger charge is 1.97. The third-order valence-corrected chi connectivity index (χ3v) is 2.25. The lowest BCUT2D eigenvalue weighted by Crippen LogP contribution is -1.99. The van der Waals surface area contributed by atoms with E-state index < -0.39 is 0 Å². The van der Waals surface area contributed by atoms with Gasteiger partial charge in [0.25, 0.3) is 0 Å². The average molecular weight is 194 g/mol. The van der Waals surface area contributed by atoms with Crippen molar-refractivity contribution in [3.05, 3.63) is 29.8 Å². The third-order valence-electron chi connectivity index (χ3n) is 2.25. The lowest BCUT2D eigenvalue weighted by Gasteiger charge is -2.05. The van der Waals surface area contributed by atoms with E-state index in [0.717, 1.165) is 25.0 Å². The standard InChI is InChI=1S/C12H18O2/c1-10(13)4-3-5-11-6-8-12(14-2)9-7-11/h6-10,13H,3-5H2,1-2H3. The van der Waals surface area contributed by atoms with Crippen LogP contribution in [0.2, 0.25) is 0 Å². The van der Waals surface area contributed by atoms with Crippen molar-refractivity contribution in [3.8, 4) is 5.75 Å². The summed E-state index contributed by atoms with van der Waals surface area (Å²) in [4.78, 5) is 0. The van der Waals surface area contributed by atoms with Crippen molar-refractivity contribution >= 4 is 0 Å². The van der Waals surface area contributed by atoms with E-state index in [1.807, 2.05) is 19.1 Å². The van der Waals surface area contributed by atoms with Gasteiger partial charge in [-0.15, -0.1) is 0 Å². The van der Waals surface area contributed by atoms with Crippen LogP contribution in [0.3, 0.4) is 0 Å². The zero-order chi connectivity index (χ0) is 10.4. The molecule has 1 aromatic carbocycles. The molecule has 2 nitrogen and oxygen atoms in total. The van der Waals surface area contributed by atoms with E-state index in [1.54, 1.807) is 7.11 Å². The fourth-order valence-corrected chi connectivity index (χ4v) is 1.39. The van der Waals surface area contributed by atoms with Crippen LogP contribution in [-0.4, -0.2) is 18.3 Å². The van der Waals surface area contributed by atoms with Crippen molar-refractivity contribution in [2.45, 2.75) is 32.3 Å². The van der Waals surface area contributed by atoms with Crippen molar-refractivity contribution in [1.82, 2.24) is 0 Å². The molecule has 1 rings (SSSR count). The first-order valence-electron chi connectivity index (χ1n) is 5.03. The van der Waals surface area contributed by atoms with Gasteiger partial charge in [-0.3, -0.25) is 0 Å². The molecule has 0 fully saturated rings. The van der Waals surface area contributed by atoms with Crippen molar-refractivity contribution in [1.29, 1.82) is 0 Å². The number of ether oxygens (including phenoxy) is 1. The molecular weight excluding hydrogens is 176 g/mol. The van der Waals surface area contributed by atoms with Crippen LogP contribution in [0.25, 0.3) is 0 Å². The van der Waals surface area contributed by atoms with Crippen LogP contribution < -0.4 is 4.74 Å². The molecule has 0 bridgehead atoms. The van der Waals surface area contributed by atoms with Gasteiger partial charge in [0.15, 0.2) is 0 Å². The zero-order valence-electron chi connectivity index (χ0n) is 8.86. The van der Waals surface area contributed by atoms with Gasteiger partial charge in [0, 0.05) is 0 Å². The molecule has 1 unspecified atom stereocenters. The molecule has 2 heteroatoms. The predicted molar refractivity (Wildman–Crippen MR) is 57.6 cm³/mol. The highest BCUT2D eigenvalue weighted by Crippen LogP contribution is 2.13. The summed E-state index contributed by atoms with van der Waals surface area (Å²) in [6.45, 7) is 1.83. The lowest BCUT2D eigenvalue weighted by molar-refractivity contribution is 0.182. The van der Waals surface area contributed by atoms with Crippen molar-refractivity contribution < 1.29 is 9.84 Å². The van der Waals surface area contributed by atoms with E-state index >= 15 is 0 Å². The van der Waals surface area contributed by atoms with Gasteiger partial charge in [-0.2, -0.15) is 0 Å². The number of aryl methyl sites for hydroxylation is 1. The van der Waals surface area contributed by atoms with Crippen LogP contribution in [0.4, 0.5) is 0 Å². The van der Waals surface area contributed by atoms with Gasteiger partial charge in [0.2, 0.25) is 0 Å². The van der Waals surface area contributed by atoms with E-state index in [1.165, 1.54) is 5.56 Å². The number of hydrogen-bond acceptors (Lipinski definition) is 2. The smallest absolute Gasteiger partial charge is 0.118 e. The highest BCUT2D eigenvalue weighted by molar-refractivity contribution is 5.27. The maximum absolute atomic E-state index is 9.09. The molecule has 0 aliphatic heterocycles. The zero-order valence-corrected chi connectivity index (χ0v) is 8.86. The van der Waals surface area contributed by atoms with Crippen LogP contribution in [-0.2, 0) is 6.42 Å². The summed E-state index contributed by atoms with van der Waals surface area (Å²) < 4.78 is 5.07. The highest BCUT2D eigenvalue weighted by atomic mass is 16.5. The Hall–Kier alpha value is -1.02. The first-order chi connectivity index (χ1) is 6.72. The maximum atomic E-state index is 9.09. The average Bonchev–Trinajstić information content (AvgIpc) is 2.18. The molecule has 0 aliphatic carbocycles. The Labute approximate surface area is 85.5 Å². The van der Waals surface area contributed by atoms with Crippen LogP contribution in [0.1, 0.15) is 25.3 Å². The maximum Gasteiger partial charge on any atom is 0.118 e. The summed E-state index contributed by atoms with van der Waals surface area (Å²) in [5.74, 6) is 0.893. The van der Waals surface area contributed by atoms with Crippen molar-refractivity contribution in [3.63, 3.8) is 0 Å². The molecule has 78 valence electrons. The molecule has 0 saturated heterocycles. The van der Waals surface area contributed by atoms with Gasteiger partial charge in [-0.05, 0) is 43.9 Å². The van der Waals surface area contributed by atoms with Gasteiger partial charge < -0.3 is 9.84 Å². The molecule has 0 radical (unpaired) electrons. The molecule has 0 spiro atoms. The molecule has 0 aliphatic rings. The second kappa shape index (κ2) is 5.66. The lowest BCUT2D eigenvalue weighted by atomic mass is 10.1. The van der Waals surface area contributed by atoms with E-state index in [0.29, 0.717) is 0 Å². The number of methoxy groups -OCH3 is 1. The molecule has 14 heavy (non-hydrogen) atoms. The Morgan fingerprint density at radius 1 is 1.29 bits per heavy atom. The first kappa shape index (κ1) is 11.1. The van der Waals surface area contributed by atoms with Crippen LogP contribution in [0, 0.1) is 0 Å². The molecule has 1 atom stereocenters. The summed E-state index contributed by atoms with van der Waals surface area (Å²) >= 11 is 0. The Kier molecular flexibility index (Phi) is 4.47. The summed E-state index contributed by atoms with van der Waals surface area (Å²) in [5, 5.41) is 9.09. The summed E-state index contributed by atoms with van der Waals surface area (Å²) in [6.07, 6.45) is 2.73. The number of aliphatic hydroxyl groups is 1. The second-order valence-corrected chi connectivity index (χ2v) is 3.59. The number of benzene rings is 1. The summed E-state index contributed by atoms with van der Waals surface area (Å²) in [7, 11) is 1.67. The van der Waals surface area contributed by atoms with Crippen molar-refractivity contribution in [2.24, 2.45) is 0 Å². The van der Waals surface area contributed by atoms with Gasteiger partial charge in [0.1, 0.15) is 5.75 Å². The largest absolute Gasteiger partial charge is 0.497 e. The number of aliphatic hydroxyl groups excluding tert-OH is 1. The van der Waals surface area contributed by atoms with E-state index in [4.69, 9.17) is 9.84 Å². The van der Waals surface area contributed by atoms with Gasteiger partial charge in [-0.1, -0.05) is 12.1 Å². The normalized spacial score (nSPS) is 12.5. The minimum Gasteiger partial charge on any atom is -0.497 e. The quantitative estimate of drug-likeness (QED) is 0.780. The Bertz CT molecular complexity index is 252. The van der Waals surface area contributed by atoms with E-state index in [-0.39, 0.29) is 6.10 Å². The van der Waals surface area contributed by atoms with E-state index in [2.05, 4.69) is 12.1 Å². The molecule has 1 aromatic rings. The number of rotatable bonds is 5. The van der Waals surface area contributed by atoms with Gasteiger partial charge in [-0.25, -0.2) is 0 Å². The summed E-state index contributed by atoms with van der Waals surface area (Å²) in [6, 6.07) is 8.08. The van der Waals surface area contributed by atoms with Crippen LogP contribution >= 0.6 is 0 Å². The second-order valence-electron chi connectivity index (χ2n) is 3.59. The fourth-order valence-electron chi connectivity index (χ4n) is 1.39. The predicted octanol–water partition coefficient (Wildman–Crippen LogP) is 2.40.